The molecule has 27 heavy (non-hydrogen) atoms. The van der Waals surface area contributed by atoms with Gasteiger partial charge in [0, 0.05) is 11.8 Å². The number of nitrogens with zero attached hydrogens (tertiary/aromatic N) is 3. The lowest BCUT2D eigenvalue weighted by molar-refractivity contribution is 0.102. The van der Waals surface area contributed by atoms with Crippen LogP contribution in [0.5, 0.6) is 0 Å². The summed E-state index contributed by atoms with van der Waals surface area (Å²) in [6, 6.07) is 23.5. The van der Waals surface area contributed by atoms with E-state index >= 15 is 0 Å². The van der Waals surface area contributed by atoms with Crippen molar-refractivity contribution in [3.05, 3.63) is 84.6 Å². The second-order valence-corrected chi connectivity index (χ2v) is 7.94. The van der Waals surface area contributed by atoms with Crippen molar-refractivity contribution in [1.82, 2.24) is 15.2 Å². The van der Waals surface area contributed by atoms with Gasteiger partial charge >= 0.3 is 0 Å². The van der Waals surface area contributed by atoms with Crippen LogP contribution in [0.1, 0.15) is 10.4 Å². The van der Waals surface area contributed by atoms with Crippen molar-refractivity contribution >= 4 is 28.9 Å². The van der Waals surface area contributed by atoms with E-state index in [9.17, 15) is 4.79 Å². The van der Waals surface area contributed by atoms with Crippen LogP contribution < -0.4 is 0 Å². The maximum atomic E-state index is 12.5. The third kappa shape index (κ3) is 4.30. The Morgan fingerprint density at radius 2 is 1.59 bits per heavy atom. The summed E-state index contributed by atoms with van der Waals surface area (Å²) in [5, 5.41) is 9.07. The van der Waals surface area contributed by atoms with Crippen LogP contribution >= 0.6 is 23.1 Å². The molecule has 132 valence electrons. The quantitative estimate of drug-likeness (QED) is 0.333. The van der Waals surface area contributed by atoms with E-state index in [1.165, 1.54) is 23.1 Å². The van der Waals surface area contributed by atoms with Crippen molar-refractivity contribution in [1.29, 1.82) is 0 Å². The first-order chi connectivity index (χ1) is 13.3. The molecule has 2 aromatic heterocycles. The third-order valence-electron chi connectivity index (χ3n) is 3.93. The number of rotatable bonds is 6. The molecule has 0 aliphatic heterocycles. The molecule has 0 fully saturated rings. The van der Waals surface area contributed by atoms with Gasteiger partial charge in [0.25, 0.3) is 0 Å². The predicted octanol–water partition coefficient (Wildman–Crippen LogP) is 5.24. The number of ketones is 1. The number of benzene rings is 2. The maximum absolute atomic E-state index is 12.5. The van der Waals surface area contributed by atoms with Crippen molar-refractivity contribution in [2.75, 3.05) is 5.75 Å². The molecule has 4 rings (SSSR count). The average Bonchev–Trinajstić information content (AvgIpc) is 3.22. The van der Waals surface area contributed by atoms with Gasteiger partial charge in [-0.25, -0.2) is 0 Å². The number of carbonyl (C=O) groups excluding carboxylic acids is 1. The fourth-order valence-corrected chi connectivity index (χ4v) is 4.27. The zero-order chi connectivity index (χ0) is 18.5. The van der Waals surface area contributed by atoms with Crippen LogP contribution in [0.25, 0.3) is 21.8 Å². The fraction of sp³-hybridized carbons (Fsp3) is 0.0476. The molecule has 0 unspecified atom stereocenters. The van der Waals surface area contributed by atoms with Crippen molar-refractivity contribution in [3.8, 4) is 21.8 Å². The van der Waals surface area contributed by atoms with E-state index in [-0.39, 0.29) is 5.78 Å². The molecule has 4 nitrogen and oxygen atoms in total. The topological polar surface area (TPSA) is 55.7 Å². The minimum Gasteiger partial charge on any atom is -0.293 e. The second-order valence-electron chi connectivity index (χ2n) is 5.74. The molecule has 6 heteroatoms. The summed E-state index contributed by atoms with van der Waals surface area (Å²) in [7, 11) is 0. The van der Waals surface area contributed by atoms with Crippen LogP contribution in [0.15, 0.2) is 83.3 Å². The molecule has 0 spiro atoms. The Balaban J connectivity index is 1.39. The molecule has 0 N–H and O–H groups in total. The number of Topliss-reactive ketones (excluding diaryl/α,β-unsaturated/α-hetero) is 1. The number of carbonyl (C=O) groups is 1. The Morgan fingerprint density at radius 1 is 0.852 bits per heavy atom. The molecule has 0 bridgehead atoms. The SMILES string of the molecule is O=C(CSc1nnc(-c2ccccn2)s1)c1ccc(-c2ccccc2)cc1. The second kappa shape index (κ2) is 8.24. The summed E-state index contributed by atoms with van der Waals surface area (Å²) in [5.41, 5.74) is 3.74. The molecule has 2 heterocycles. The summed E-state index contributed by atoms with van der Waals surface area (Å²) in [6.45, 7) is 0. The molecule has 0 aliphatic carbocycles. The summed E-state index contributed by atoms with van der Waals surface area (Å²) in [6.07, 6.45) is 1.73. The highest BCUT2D eigenvalue weighted by Crippen LogP contribution is 2.28. The number of hydrogen-bond donors (Lipinski definition) is 0. The fourth-order valence-electron chi connectivity index (χ4n) is 2.55. The summed E-state index contributed by atoms with van der Waals surface area (Å²) in [5.74, 6) is 0.413. The van der Waals surface area contributed by atoms with Crippen LogP contribution in [-0.2, 0) is 0 Å². The molecule has 4 aromatic rings. The number of hydrogen-bond acceptors (Lipinski definition) is 6. The molecule has 0 atom stereocenters. The van der Waals surface area contributed by atoms with E-state index in [0.717, 1.165) is 26.2 Å². The standard InChI is InChI=1S/C21H15N3OS2/c25-19(17-11-9-16(10-12-17)15-6-2-1-3-7-15)14-26-21-24-23-20(27-21)18-8-4-5-13-22-18/h1-13H,14H2. The first-order valence-electron chi connectivity index (χ1n) is 8.36. The lowest BCUT2D eigenvalue weighted by Crippen LogP contribution is -2.01. The molecular weight excluding hydrogens is 374 g/mol. The molecule has 0 aliphatic rings. The lowest BCUT2D eigenvalue weighted by atomic mass is 10.0. The van der Waals surface area contributed by atoms with E-state index in [4.69, 9.17) is 0 Å². The third-order valence-corrected chi connectivity index (χ3v) is 6.01. The van der Waals surface area contributed by atoms with E-state index in [1.54, 1.807) is 6.20 Å². The minimum absolute atomic E-state index is 0.0780. The van der Waals surface area contributed by atoms with Gasteiger partial charge in [-0.1, -0.05) is 83.8 Å². The van der Waals surface area contributed by atoms with E-state index in [2.05, 4.69) is 27.3 Å². The molecule has 0 amide bonds. The number of aromatic nitrogens is 3. The van der Waals surface area contributed by atoms with Gasteiger partial charge in [0.2, 0.25) is 0 Å². The highest BCUT2D eigenvalue weighted by molar-refractivity contribution is 8.01. The lowest BCUT2D eigenvalue weighted by Gasteiger charge is -2.03. The first-order valence-corrected chi connectivity index (χ1v) is 10.2. The van der Waals surface area contributed by atoms with Gasteiger partial charge < -0.3 is 0 Å². The van der Waals surface area contributed by atoms with Gasteiger partial charge in [-0.05, 0) is 23.3 Å². The largest absolute Gasteiger partial charge is 0.293 e. The minimum atomic E-state index is 0.0780. The zero-order valence-corrected chi connectivity index (χ0v) is 15.9. The van der Waals surface area contributed by atoms with Gasteiger partial charge in [0.05, 0.1) is 5.75 Å². The monoisotopic (exact) mass is 389 g/mol. The zero-order valence-electron chi connectivity index (χ0n) is 14.3. The number of pyridine rings is 1. The van der Waals surface area contributed by atoms with Crippen LogP contribution in [0.2, 0.25) is 0 Å². The van der Waals surface area contributed by atoms with Gasteiger partial charge in [-0.15, -0.1) is 10.2 Å². The van der Waals surface area contributed by atoms with E-state index in [0.29, 0.717) is 11.3 Å². The molecule has 0 radical (unpaired) electrons. The van der Waals surface area contributed by atoms with Gasteiger partial charge in [0.15, 0.2) is 15.1 Å². The highest BCUT2D eigenvalue weighted by Gasteiger charge is 2.11. The van der Waals surface area contributed by atoms with Crippen molar-refractivity contribution in [3.63, 3.8) is 0 Å². The summed E-state index contributed by atoms with van der Waals surface area (Å²) < 4.78 is 0.768. The summed E-state index contributed by atoms with van der Waals surface area (Å²) in [4.78, 5) is 16.7. The van der Waals surface area contributed by atoms with Crippen molar-refractivity contribution in [2.45, 2.75) is 4.34 Å². The Morgan fingerprint density at radius 3 is 2.33 bits per heavy atom. The van der Waals surface area contributed by atoms with Crippen LogP contribution in [0.4, 0.5) is 0 Å². The Kier molecular flexibility index (Phi) is 5.37. The van der Waals surface area contributed by atoms with Gasteiger partial charge in [-0.2, -0.15) is 0 Å². The molecule has 2 aromatic carbocycles. The molecule has 0 saturated carbocycles. The van der Waals surface area contributed by atoms with Crippen LogP contribution in [0, 0.1) is 0 Å². The van der Waals surface area contributed by atoms with Gasteiger partial charge in [-0.3, -0.25) is 9.78 Å². The normalized spacial score (nSPS) is 10.7. The van der Waals surface area contributed by atoms with E-state index in [1.807, 2.05) is 60.7 Å². The van der Waals surface area contributed by atoms with Crippen LogP contribution in [0.3, 0.4) is 0 Å². The first kappa shape index (κ1) is 17.6. The Hall–Kier alpha value is -2.83. The Bertz CT molecular complexity index is 1030. The number of thioether (sulfide) groups is 1. The summed E-state index contributed by atoms with van der Waals surface area (Å²) >= 11 is 2.86. The molecular formula is C21H15N3OS2. The predicted molar refractivity (Wildman–Crippen MR) is 110 cm³/mol. The Labute approximate surface area is 165 Å². The van der Waals surface area contributed by atoms with E-state index < -0.39 is 0 Å². The van der Waals surface area contributed by atoms with Crippen molar-refractivity contribution in [2.24, 2.45) is 0 Å². The maximum Gasteiger partial charge on any atom is 0.175 e. The van der Waals surface area contributed by atoms with Gasteiger partial charge in [0.1, 0.15) is 5.69 Å². The van der Waals surface area contributed by atoms with Crippen LogP contribution in [-0.4, -0.2) is 26.7 Å². The molecule has 0 saturated heterocycles. The highest BCUT2D eigenvalue weighted by atomic mass is 32.2. The average molecular weight is 390 g/mol. The smallest absolute Gasteiger partial charge is 0.175 e. The van der Waals surface area contributed by atoms with Crippen molar-refractivity contribution < 1.29 is 4.79 Å².